The minimum atomic E-state index is -0.407. The number of hydrogen-bond donors (Lipinski definition) is 2. The first-order valence-corrected chi connectivity index (χ1v) is 13.6. The van der Waals surface area contributed by atoms with Crippen molar-refractivity contribution in [1.82, 2.24) is 25.1 Å². The number of rotatable bonds is 7. The monoisotopic (exact) mass is 526 g/mol. The number of hydrogen-bond acceptors (Lipinski definition) is 6. The Morgan fingerprint density at radius 2 is 1.95 bits per heavy atom. The zero-order valence-corrected chi connectivity index (χ0v) is 22.2. The number of nitrogens with zero attached hydrogens (tertiary/aromatic N) is 4. The number of nitrogens with one attached hydrogen (secondary N) is 2. The molecule has 0 amide bonds. The number of benzene rings is 2. The van der Waals surface area contributed by atoms with Crippen LogP contribution in [0.5, 0.6) is 0 Å². The van der Waals surface area contributed by atoms with E-state index in [0.29, 0.717) is 12.2 Å². The number of piperidine rings is 1. The number of carbonyl (C=O) groups is 1. The van der Waals surface area contributed by atoms with Gasteiger partial charge in [-0.15, -0.1) is 0 Å². The lowest BCUT2D eigenvalue weighted by atomic mass is 9.86. The normalized spacial score (nSPS) is 18.7. The van der Waals surface area contributed by atoms with Gasteiger partial charge in [0.1, 0.15) is 0 Å². The molecule has 1 atom stereocenters. The van der Waals surface area contributed by atoms with E-state index in [1.165, 1.54) is 11.1 Å². The van der Waals surface area contributed by atoms with Crippen LogP contribution in [-0.2, 0) is 12.0 Å². The molecule has 1 saturated heterocycles. The third-order valence-corrected chi connectivity index (χ3v) is 8.26. The van der Waals surface area contributed by atoms with Gasteiger partial charge in [-0.2, -0.15) is 5.10 Å². The van der Waals surface area contributed by atoms with Gasteiger partial charge in [0.05, 0.1) is 5.54 Å². The molecule has 0 spiro atoms. The number of aryl methyl sites for hydroxylation is 1. The van der Waals surface area contributed by atoms with Crippen molar-refractivity contribution in [2.45, 2.75) is 43.6 Å². The summed E-state index contributed by atoms with van der Waals surface area (Å²) in [6, 6.07) is 17.8. The second-order valence-electron chi connectivity index (χ2n) is 10.5. The van der Waals surface area contributed by atoms with E-state index in [9.17, 15) is 4.79 Å². The Kier molecular flexibility index (Phi) is 6.72. The molecule has 2 aromatic carbocycles. The molecular weight excluding hydrogens is 496 g/mol. The third-order valence-electron chi connectivity index (χ3n) is 8.02. The van der Waals surface area contributed by atoms with Crippen LogP contribution in [0.4, 0.5) is 5.69 Å². The Balaban J connectivity index is 1.23. The standard InChI is InChI=1S/C30H31ClN6O/c1-37-15-11-30(12-16-37,29-33-28(35-36-29)20-9-13-32-14-10-20)34-25-4-2-3-23(18-25)27(38)19-22-6-5-21-17-24(31)7-8-26(21)22/h2-4,7-10,13-14,17-18,22,34H,5-6,11-12,15-16,19H2,1H3,(H,33,35,36)/t22-/m1/s1. The summed E-state index contributed by atoms with van der Waals surface area (Å²) in [6.07, 6.45) is 7.70. The van der Waals surface area contributed by atoms with Gasteiger partial charge < -0.3 is 10.2 Å². The lowest BCUT2D eigenvalue weighted by Gasteiger charge is -2.40. The minimum Gasteiger partial charge on any atom is -0.373 e. The lowest BCUT2D eigenvalue weighted by molar-refractivity contribution is 0.0973. The van der Waals surface area contributed by atoms with Gasteiger partial charge in [-0.05, 0) is 86.2 Å². The van der Waals surface area contributed by atoms with Gasteiger partial charge in [0.15, 0.2) is 17.4 Å². The summed E-state index contributed by atoms with van der Waals surface area (Å²) in [7, 11) is 2.14. The Morgan fingerprint density at radius 1 is 1.13 bits per heavy atom. The maximum atomic E-state index is 13.4. The van der Waals surface area contributed by atoms with Crippen molar-refractivity contribution >= 4 is 23.1 Å². The fourth-order valence-electron chi connectivity index (χ4n) is 5.80. The van der Waals surface area contributed by atoms with Crippen LogP contribution in [0, 0.1) is 0 Å². The van der Waals surface area contributed by atoms with Crippen LogP contribution in [0.3, 0.4) is 0 Å². The first-order chi connectivity index (χ1) is 18.5. The van der Waals surface area contributed by atoms with Crippen molar-refractivity contribution in [3.63, 3.8) is 0 Å². The van der Waals surface area contributed by atoms with Gasteiger partial charge in [0.2, 0.25) is 0 Å². The summed E-state index contributed by atoms with van der Waals surface area (Å²) in [5, 5.41) is 12.3. The van der Waals surface area contributed by atoms with Crippen molar-refractivity contribution < 1.29 is 4.79 Å². The van der Waals surface area contributed by atoms with Crippen molar-refractivity contribution in [3.05, 3.63) is 94.5 Å². The number of H-pyrrole nitrogens is 1. The largest absolute Gasteiger partial charge is 0.373 e. The first-order valence-electron chi connectivity index (χ1n) is 13.2. The highest BCUT2D eigenvalue weighted by atomic mass is 35.5. The van der Waals surface area contributed by atoms with Crippen LogP contribution >= 0.6 is 11.6 Å². The lowest BCUT2D eigenvalue weighted by Crippen LogP contribution is -2.46. The number of fused-ring (bicyclic) bond motifs is 1. The molecule has 7 nitrogen and oxygen atoms in total. The quantitative estimate of drug-likeness (QED) is 0.293. The highest BCUT2D eigenvalue weighted by Crippen LogP contribution is 2.38. The molecular formula is C30H31ClN6O. The number of aromatic nitrogens is 4. The SMILES string of the molecule is CN1CCC(Nc2cccc(C(=O)C[C@H]3CCc4cc(Cl)ccc43)c2)(c2nc(-c3ccncc3)n[nH]2)CC1. The number of pyridine rings is 1. The molecule has 8 heteroatoms. The number of Topliss-reactive ketones (excluding diaryl/α,β-unsaturated/α-hetero) is 1. The van der Waals surface area contributed by atoms with E-state index in [0.717, 1.165) is 66.4 Å². The molecule has 0 unspecified atom stereocenters. The Morgan fingerprint density at radius 3 is 2.76 bits per heavy atom. The van der Waals surface area contributed by atoms with Crippen LogP contribution in [0.2, 0.25) is 5.02 Å². The van der Waals surface area contributed by atoms with Crippen LogP contribution in [0.1, 0.15) is 58.9 Å². The van der Waals surface area contributed by atoms with E-state index in [2.05, 4.69) is 38.5 Å². The smallest absolute Gasteiger partial charge is 0.181 e. The van der Waals surface area contributed by atoms with Crippen LogP contribution in [-0.4, -0.2) is 51.0 Å². The van der Waals surface area contributed by atoms with E-state index in [4.69, 9.17) is 16.6 Å². The second-order valence-corrected chi connectivity index (χ2v) is 11.0. The highest BCUT2D eigenvalue weighted by Gasteiger charge is 2.39. The highest BCUT2D eigenvalue weighted by molar-refractivity contribution is 6.30. The van der Waals surface area contributed by atoms with Gasteiger partial charge in [-0.25, -0.2) is 4.98 Å². The Bertz CT molecular complexity index is 1440. The molecule has 4 aromatic rings. The molecule has 38 heavy (non-hydrogen) atoms. The zero-order chi connectivity index (χ0) is 26.1. The van der Waals surface area contributed by atoms with Gasteiger partial charge >= 0.3 is 0 Å². The third kappa shape index (κ3) is 4.96. The maximum Gasteiger partial charge on any atom is 0.181 e. The zero-order valence-electron chi connectivity index (χ0n) is 21.5. The van der Waals surface area contributed by atoms with Crippen LogP contribution in [0.25, 0.3) is 11.4 Å². The molecule has 0 saturated carbocycles. The number of halogens is 1. The predicted octanol–water partition coefficient (Wildman–Crippen LogP) is 5.86. The maximum absolute atomic E-state index is 13.4. The first kappa shape index (κ1) is 24.8. The fraction of sp³-hybridized carbons (Fsp3) is 0.333. The summed E-state index contributed by atoms with van der Waals surface area (Å²) in [5.41, 5.74) is 4.70. The number of aromatic amines is 1. The molecule has 194 valence electrons. The summed E-state index contributed by atoms with van der Waals surface area (Å²) in [5.74, 6) is 1.88. The van der Waals surface area contributed by atoms with E-state index < -0.39 is 5.54 Å². The van der Waals surface area contributed by atoms with E-state index in [1.807, 2.05) is 48.5 Å². The summed E-state index contributed by atoms with van der Waals surface area (Å²) >= 11 is 6.18. The van der Waals surface area contributed by atoms with E-state index in [1.54, 1.807) is 12.4 Å². The number of likely N-dealkylation sites (tertiary alicyclic amines) is 1. The molecule has 0 radical (unpaired) electrons. The molecule has 2 aromatic heterocycles. The summed E-state index contributed by atoms with van der Waals surface area (Å²) in [4.78, 5) is 24.7. The van der Waals surface area contributed by atoms with Crippen LogP contribution < -0.4 is 5.32 Å². The minimum absolute atomic E-state index is 0.165. The molecule has 1 fully saturated rings. The molecule has 1 aliphatic carbocycles. The molecule has 0 bridgehead atoms. The van der Waals surface area contributed by atoms with Gasteiger partial charge in [0, 0.05) is 53.7 Å². The number of anilines is 1. The fourth-order valence-corrected chi connectivity index (χ4v) is 6.00. The molecule has 3 heterocycles. The molecule has 6 rings (SSSR count). The van der Waals surface area contributed by atoms with Crippen LogP contribution in [0.15, 0.2) is 67.0 Å². The van der Waals surface area contributed by atoms with Crippen molar-refractivity contribution in [2.75, 3.05) is 25.5 Å². The van der Waals surface area contributed by atoms with Gasteiger partial charge in [0.25, 0.3) is 0 Å². The van der Waals surface area contributed by atoms with Gasteiger partial charge in [-0.3, -0.25) is 14.9 Å². The molecule has 2 aliphatic rings. The number of ketones is 1. The summed E-state index contributed by atoms with van der Waals surface area (Å²) in [6.45, 7) is 1.87. The molecule has 1 aliphatic heterocycles. The van der Waals surface area contributed by atoms with Crippen molar-refractivity contribution in [3.8, 4) is 11.4 Å². The van der Waals surface area contributed by atoms with E-state index in [-0.39, 0.29) is 11.7 Å². The molecule has 2 N–H and O–H groups in total. The Hall–Kier alpha value is -3.55. The average molecular weight is 527 g/mol. The van der Waals surface area contributed by atoms with Crippen molar-refractivity contribution in [1.29, 1.82) is 0 Å². The number of carbonyl (C=O) groups excluding carboxylic acids is 1. The predicted molar refractivity (Wildman–Crippen MR) is 150 cm³/mol. The summed E-state index contributed by atoms with van der Waals surface area (Å²) < 4.78 is 0. The van der Waals surface area contributed by atoms with Gasteiger partial charge in [-0.1, -0.05) is 29.8 Å². The average Bonchev–Trinajstić information content (AvgIpc) is 3.59. The Labute approximate surface area is 227 Å². The topological polar surface area (TPSA) is 86.8 Å². The van der Waals surface area contributed by atoms with E-state index >= 15 is 0 Å². The van der Waals surface area contributed by atoms with Crippen molar-refractivity contribution in [2.24, 2.45) is 0 Å². The second kappa shape index (κ2) is 10.3.